The van der Waals surface area contributed by atoms with Gasteiger partial charge in [0.05, 0.1) is 0 Å². The molecule has 0 amide bonds. The average Bonchev–Trinajstić information content (AvgIpc) is 2.90. The van der Waals surface area contributed by atoms with E-state index in [4.69, 9.17) is 0 Å². The first-order valence-corrected chi connectivity index (χ1v) is 9.98. The molecular formula is C20H19Br2NO2. The molecule has 0 aliphatic heterocycles. The quantitative estimate of drug-likeness (QED) is 0.427. The van der Waals surface area contributed by atoms with Crippen LogP contribution in [0.1, 0.15) is 32.6 Å². The van der Waals surface area contributed by atoms with Crippen molar-refractivity contribution in [2.24, 2.45) is 0 Å². The highest BCUT2D eigenvalue weighted by Gasteiger charge is 2.13. The number of benzene rings is 2. The molecule has 3 nitrogen and oxygen atoms in total. The number of hydrogen-bond acceptors (Lipinski definition) is 2. The van der Waals surface area contributed by atoms with Crippen LogP contribution in [-0.4, -0.2) is 16.1 Å². The number of fused-ring (bicyclic) bond motifs is 3. The smallest absolute Gasteiger partial charge is 0.135 e. The molecule has 1 aromatic heterocycles. The van der Waals surface area contributed by atoms with Crippen LogP contribution in [0.4, 0.5) is 0 Å². The number of rotatable bonds is 7. The lowest BCUT2D eigenvalue weighted by atomic mass is 10.1. The fourth-order valence-corrected chi connectivity index (χ4v) is 3.83. The summed E-state index contributed by atoms with van der Waals surface area (Å²) in [6.45, 7) is 2.46. The van der Waals surface area contributed by atoms with Gasteiger partial charge in [-0.25, -0.2) is 0 Å². The van der Waals surface area contributed by atoms with Crippen LogP contribution < -0.4 is 0 Å². The maximum atomic E-state index is 12.2. The summed E-state index contributed by atoms with van der Waals surface area (Å²) in [5, 5.41) is 2.33. The molecule has 3 rings (SSSR count). The number of Topliss-reactive ketones (excluding diaryl/α,β-unsaturated/α-hetero) is 2. The van der Waals surface area contributed by atoms with Gasteiger partial charge >= 0.3 is 0 Å². The molecule has 0 fully saturated rings. The molecule has 0 N–H and O–H groups in total. The van der Waals surface area contributed by atoms with E-state index in [0.29, 0.717) is 32.2 Å². The number of nitrogens with zero attached hydrogens (tertiary/aromatic N) is 1. The molecule has 0 bridgehead atoms. The summed E-state index contributed by atoms with van der Waals surface area (Å²) >= 11 is 7.08. The number of carbonyl (C=O) groups is 2. The van der Waals surface area contributed by atoms with Crippen LogP contribution in [-0.2, 0) is 16.1 Å². The molecule has 3 aromatic rings. The van der Waals surface area contributed by atoms with Crippen molar-refractivity contribution < 1.29 is 9.59 Å². The molecule has 0 saturated heterocycles. The van der Waals surface area contributed by atoms with Crippen molar-refractivity contribution >= 4 is 65.2 Å². The summed E-state index contributed by atoms with van der Waals surface area (Å²) in [6, 6.07) is 12.4. The largest absolute Gasteiger partial charge is 0.340 e. The molecule has 0 aliphatic rings. The molecule has 0 aliphatic carbocycles. The highest BCUT2D eigenvalue weighted by molar-refractivity contribution is 9.10. The standard InChI is InChI=1S/C20H19Br2NO2/c1-2-15(24)5-6-16(25)9-10-23-19-7-3-13(21)11-17(19)18-12-14(22)4-8-20(18)23/h3-4,7-8,11-12H,2,5-6,9-10H2,1H3. The van der Waals surface area contributed by atoms with Crippen LogP contribution in [0.2, 0.25) is 0 Å². The van der Waals surface area contributed by atoms with E-state index in [1.165, 1.54) is 10.8 Å². The number of aryl methyl sites for hydroxylation is 1. The Bertz CT molecular complexity index is 900. The molecule has 130 valence electrons. The van der Waals surface area contributed by atoms with Crippen LogP contribution in [0.15, 0.2) is 45.3 Å². The van der Waals surface area contributed by atoms with Crippen LogP contribution in [0.3, 0.4) is 0 Å². The number of hydrogen-bond donors (Lipinski definition) is 0. The molecule has 25 heavy (non-hydrogen) atoms. The molecular weight excluding hydrogens is 446 g/mol. The molecule has 0 saturated carbocycles. The van der Waals surface area contributed by atoms with Crippen LogP contribution in [0, 0.1) is 0 Å². The summed E-state index contributed by atoms with van der Waals surface area (Å²) in [7, 11) is 0. The van der Waals surface area contributed by atoms with Crippen molar-refractivity contribution in [2.45, 2.75) is 39.2 Å². The lowest BCUT2D eigenvalue weighted by molar-refractivity contribution is -0.124. The number of halogens is 2. The molecule has 5 heteroatoms. The minimum atomic E-state index is 0.144. The van der Waals surface area contributed by atoms with Gasteiger partial charge in [-0.1, -0.05) is 38.8 Å². The van der Waals surface area contributed by atoms with E-state index in [0.717, 1.165) is 20.0 Å². The summed E-state index contributed by atoms with van der Waals surface area (Å²) in [5.74, 6) is 0.297. The molecule has 0 spiro atoms. The Morgan fingerprint density at radius 2 is 1.36 bits per heavy atom. The third-order valence-corrected chi connectivity index (χ3v) is 5.47. The zero-order valence-electron chi connectivity index (χ0n) is 14.0. The topological polar surface area (TPSA) is 39.1 Å². The highest BCUT2D eigenvalue weighted by Crippen LogP contribution is 2.33. The lowest BCUT2D eigenvalue weighted by Crippen LogP contribution is -2.07. The molecule has 0 atom stereocenters. The Morgan fingerprint density at radius 3 is 1.88 bits per heavy atom. The summed E-state index contributed by atoms with van der Waals surface area (Å²) in [6.07, 6.45) is 1.66. The van der Waals surface area contributed by atoms with E-state index in [9.17, 15) is 9.59 Å². The molecule has 0 unspecified atom stereocenters. The third-order valence-electron chi connectivity index (χ3n) is 4.48. The van der Waals surface area contributed by atoms with Gasteiger partial charge in [-0.15, -0.1) is 0 Å². The summed E-state index contributed by atoms with van der Waals surface area (Å²) in [5.41, 5.74) is 2.24. The van der Waals surface area contributed by atoms with Gasteiger partial charge in [0.15, 0.2) is 0 Å². The Hall–Kier alpha value is -1.46. The van der Waals surface area contributed by atoms with Crippen molar-refractivity contribution in [3.05, 3.63) is 45.3 Å². The Kier molecular flexibility index (Phi) is 5.74. The van der Waals surface area contributed by atoms with Gasteiger partial charge in [-0.3, -0.25) is 9.59 Å². The third kappa shape index (κ3) is 4.04. The first kappa shape index (κ1) is 18.3. The van der Waals surface area contributed by atoms with Gasteiger partial charge in [0.25, 0.3) is 0 Å². The maximum Gasteiger partial charge on any atom is 0.135 e. The first-order chi connectivity index (χ1) is 12.0. The van der Waals surface area contributed by atoms with E-state index < -0.39 is 0 Å². The zero-order valence-corrected chi connectivity index (χ0v) is 17.2. The number of ketones is 2. The summed E-state index contributed by atoms with van der Waals surface area (Å²) in [4.78, 5) is 23.6. The molecule has 0 radical (unpaired) electrons. The van der Waals surface area contributed by atoms with Gasteiger partial charge in [0.1, 0.15) is 11.6 Å². The number of carbonyl (C=O) groups excluding carboxylic acids is 2. The monoisotopic (exact) mass is 463 g/mol. The van der Waals surface area contributed by atoms with E-state index in [2.05, 4.69) is 60.7 Å². The van der Waals surface area contributed by atoms with Crippen molar-refractivity contribution in [3.8, 4) is 0 Å². The van der Waals surface area contributed by atoms with Crippen molar-refractivity contribution in [1.82, 2.24) is 4.57 Å². The van der Waals surface area contributed by atoms with E-state index in [-0.39, 0.29) is 11.6 Å². The zero-order chi connectivity index (χ0) is 18.0. The Balaban J connectivity index is 1.90. The van der Waals surface area contributed by atoms with Crippen molar-refractivity contribution in [2.75, 3.05) is 0 Å². The van der Waals surface area contributed by atoms with E-state index in [1.54, 1.807) is 0 Å². The second-order valence-electron chi connectivity index (χ2n) is 6.16. The molecule has 1 heterocycles. The fourth-order valence-electron chi connectivity index (χ4n) is 3.11. The normalized spacial score (nSPS) is 11.3. The SMILES string of the molecule is CCC(=O)CCC(=O)CCn1c2ccc(Br)cc2c2cc(Br)ccc21. The van der Waals surface area contributed by atoms with Crippen molar-refractivity contribution in [3.63, 3.8) is 0 Å². The Morgan fingerprint density at radius 1 is 0.840 bits per heavy atom. The minimum Gasteiger partial charge on any atom is -0.340 e. The second-order valence-corrected chi connectivity index (χ2v) is 7.99. The van der Waals surface area contributed by atoms with Gasteiger partial charge in [-0.05, 0) is 36.4 Å². The van der Waals surface area contributed by atoms with Gasteiger partial charge < -0.3 is 4.57 Å². The van der Waals surface area contributed by atoms with E-state index >= 15 is 0 Å². The predicted octanol–water partition coefficient (Wildman–Crippen LogP) is 6.04. The van der Waals surface area contributed by atoms with Crippen LogP contribution in [0.25, 0.3) is 21.8 Å². The van der Waals surface area contributed by atoms with E-state index in [1.807, 2.05) is 19.1 Å². The average molecular weight is 465 g/mol. The fraction of sp³-hybridized carbons (Fsp3) is 0.300. The van der Waals surface area contributed by atoms with Gasteiger partial charge in [0, 0.05) is 63.0 Å². The summed E-state index contributed by atoms with van der Waals surface area (Å²) < 4.78 is 4.27. The van der Waals surface area contributed by atoms with Crippen molar-refractivity contribution in [1.29, 1.82) is 0 Å². The predicted molar refractivity (Wildman–Crippen MR) is 109 cm³/mol. The maximum absolute atomic E-state index is 12.2. The van der Waals surface area contributed by atoms with Gasteiger partial charge in [0.2, 0.25) is 0 Å². The first-order valence-electron chi connectivity index (χ1n) is 8.40. The molecule has 2 aromatic carbocycles. The highest BCUT2D eigenvalue weighted by atomic mass is 79.9. The minimum absolute atomic E-state index is 0.144. The van der Waals surface area contributed by atoms with Crippen LogP contribution >= 0.6 is 31.9 Å². The number of aromatic nitrogens is 1. The lowest BCUT2D eigenvalue weighted by Gasteiger charge is -2.07. The second kappa shape index (κ2) is 7.83. The van der Waals surface area contributed by atoms with Crippen LogP contribution in [0.5, 0.6) is 0 Å². The van der Waals surface area contributed by atoms with Gasteiger partial charge in [-0.2, -0.15) is 0 Å². The Labute approximate surface area is 163 Å².